The molecule has 378 valence electrons. The van der Waals surface area contributed by atoms with Crippen LogP contribution in [-0.4, -0.2) is 99.9 Å². The number of carbonyl (C=O) groups is 5. The van der Waals surface area contributed by atoms with Crippen LogP contribution in [-0.2, 0) is 47.5 Å². The van der Waals surface area contributed by atoms with Crippen molar-refractivity contribution in [3.8, 4) is 17.6 Å². The average Bonchev–Trinajstić information content (AvgIpc) is 4.15. The lowest BCUT2D eigenvalue weighted by Gasteiger charge is -2.27. The first-order valence-electron chi connectivity index (χ1n) is 23.6. The highest BCUT2D eigenvalue weighted by Crippen LogP contribution is 2.32. The van der Waals surface area contributed by atoms with E-state index in [4.69, 9.17) is 25.2 Å². The zero-order chi connectivity index (χ0) is 52.0. The molecule has 0 aliphatic carbocycles. The molecule has 3 amide bonds. The number of carbonyl (C=O) groups excluding carboxylic acids is 5. The summed E-state index contributed by atoms with van der Waals surface area (Å²) in [5.41, 5.74) is 10.8. The first-order chi connectivity index (χ1) is 35.0. The number of primary amides is 1. The molecule has 1 fully saturated rings. The van der Waals surface area contributed by atoms with E-state index in [1.54, 1.807) is 93.0 Å². The molecule has 5 heterocycles. The summed E-state index contributed by atoms with van der Waals surface area (Å²) >= 11 is 0. The molecule has 4 aromatic heterocycles. The number of fused-ring (bicyclic) bond motifs is 2. The second kappa shape index (κ2) is 21.9. The third-order valence-electron chi connectivity index (χ3n) is 12.1. The van der Waals surface area contributed by atoms with Crippen molar-refractivity contribution in [2.45, 2.75) is 80.2 Å². The van der Waals surface area contributed by atoms with Crippen molar-refractivity contribution in [3.05, 3.63) is 124 Å². The van der Waals surface area contributed by atoms with Crippen LogP contribution in [0.2, 0.25) is 0 Å². The molecular formula is C51H54N12O9S. The molecule has 22 heteroatoms. The van der Waals surface area contributed by atoms with E-state index in [1.165, 1.54) is 19.1 Å². The third kappa shape index (κ3) is 11.4. The fourth-order valence-electron chi connectivity index (χ4n) is 8.45. The number of ketones is 1. The smallest absolute Gasteiger partial charge is 0.440 e. The van der Waals surface area contributed by atoms with Crippen molar-refractivity contribution in [3.63, 3.8) is 0 Å². The fourth-order valence-corrected chi connectivity index (χ4v) is 9.56. The average molecular weight is 1010 g/mol. The molecule has 1 aliphatic heterocycles. The van der Waals surface area contributed by atoms with E-state index in [-0.39, 0.29) is 79.8 Å². The standard InChI is InChI=1S/C51H54N12O9S/c1-6-62-42(26-32(3)57-62)47(66)55-49-53-39-28-37(34(5)64)17-18-41(39)60(49)21-11-12-22-61-45-40(54-50(61)56-48(67)43-27-33(4)58-63(43)7-2)29-38(46(52)65)30-44(45)71-25-13-16-35-19-23-59(24-20-35)73(69,70)51(68)72-31-36-14-9-8-10-15-36/h8-12,14-15,17-18,26-30,35H,6-7,19-25,31H2,1-5H3,(H2,52,65)(H,53,55,66)(H,54,56,67)/b12-11+. The maximum absolute atomic E-state index is 13.9. The number of piperidine rings is 1. The van der Waals surface area contributed by atoms with Crippen molar-refractivity contribution in [1.29, 1.82) is 0 Å². The topological polar surface area (TPSA) is 263 Å². The van der Waals surface area contributed by atoms with Gasteiger partial charge in [-0.15, -0.1) is 0 Å². The number of hydrogen-bond acceptors (Lipinski definition) is 13. The Kier molecular flexibility index (Phi) is 15.3. The summed E-state index contributed by atoms with van der Waals surface area (Å²) in [5.74, 6) is 4.74. The van der Waals surface area contributed by atoms with Crippen LogP contribution in [0.5, 0.6) is 5.75 Å². The predicted molar refractivity (Wildman–Crippen MR) is 271 cm³/mol. The van der Waals surface area contributed by atoms with Crippen molar-refractivity contribution in [2.24, 2.45) is 11.7 Å². The Morgan fingerprint density at radius 2 is 1.37 bits per heavy atom. The minimum Gasteiger partial charge on any atom is -0.479 e. The number of sulfonamides is 1. The van der Waals surface area contributed by atoms with E-state index in [2.05, 4.69) is 32.7 Å². The van der Waals surface area contributed by atoms with Gasteiger partial charge in [-0.1, -0.05) is 54.3 Å². The second-order valence-corrected chi connectivity index (χ2v) is 19.0. The first kappa shape index (κ1) is 51.0. The molecule has 73 heavy (non-hydrogen) atoms. The van der Waals surface area contributed by atoms with Crippen LogP contribution in [0.1, 0.15) is 92.3 Å². The second-order valence-electron chi connectivity index (χ2n) is 17.2. The molecule has 4 N–H and O–H groups in total. The Labute approximate surface area is 420 Å². The zero-order valence-electron chi connectivity index (χ0n) is 40.9. The number of nitrogens with two attached hydrogens (primary N) is 1. The van der Waals surface area contributed by atoms with Gasteiger partial charge in [0.2, 0.25) is 17.8 Å². The number of nitrogens with zero attached hydrogens (tertiary/aromatic N) is 9. The Hall–Kier alpha value is -8.42. The van der Waals surface area contributed by atoms with Gasteiger partial charge >= 0.3 is 15.3 Å². The summed E-state index contributed by atoms with van der Waals surface area (Å²) in [6.45, 7) is 9.85. The normalized spacial score (nSPS) is 13.3. The lowest BCUT2D eigenvalue weighted by atomic mass is 9.99. The molecule has 0 bridgehead atoms. The molecule has 7 aromatic rings. The van der Waals surface area contributed by atoms with Gasteiger partial charge in [0.25, 0.3) is 11.8 Å². The summed E-state index contributed by atoms with van der Waals surface area (Å²) in [6, 6.07) is 20.3. The number of aryl methyl sites for hydroxylation is 4. The highest BCUT2D eigenvalue weighted by Gasteiger charge is 2.35. The molecule has 0 atom stereocenters. The quantitative estimate of drug-likeness (QED) is 0.0394. The highest BCUT2D eigenvalue weighted by atomic mass is 32.2. The van der Waals surface area contributed by atoms with Gasteiger partial charge in [-0.05, 0) is 95.5 Å². The fraction of sp³-hybridized carbons (Fsp3) is 0.314. The van der Waals surface area contributed by atoms with Crippen LogP contribution in [0.25, 0.3) is 22.1 Å². The van der Waals surface area contributed by atoms with Crippen molar-refractivity contribution < 1.29 is 41.9 Å². The van der Waals surface area contributed by atoms with Crippen LogP contribution in [0.15, 0.2) is 84.9 Å². The van der Waals surface area contributed by atoms with Gasteiger partial charge < -0.3 is 24.3 Å². The molecule has 0 unspecified atom stereocenters. The number of anilines is 2. The molecule has 0 spiro atoms. The molecule has 0 radical (unpaired) electrons. The number of amides is 3. The van der Waals surface area contributed by atoms with Gasteiger partial charge in [-0.3, -0.25) is 39.2 Å². The largest absolute Gasteiger partial charge is 0.479 e. The SMILES string of the molecule is CCn1nc(C)cc1C(=O)Nc1nc2cc(C(C)=O)ccc2n1C/C=C/Cn1c(NC(=O)c2cc(C)nn2CC)nc2cc(C(N)=O)cc(OCC#CC3CCN(S(=O)(=O)C(=O)OCc4ccccc4)CC3)c21. The number of rotatable bonds is 17. The van der Waals surface area contributed by atoms with Gasteiger partial charge in [-0.25, -0.2) is 14.8 Å². The van der Waals surface area contributed by atoms with E-state index in [0.717, 1.165) is 4.31 Å². The molecular weight excluding hydrogens is 957 g/mol. The number of aromatic nitrogens is 8. The minimum absolute atomic E-state index is 0.0724. The molecule has 8 rings (SSSR count). The molecule has 21 nitrogen and oxygen atoms in total. The summed E-state index contributed by atoms with van der Waals surface area (Å²) in [5, 5.41) is 13.4. The van der Waals surface area contributed by atoms with Gasteiger partial charge in [0.05, 0.1) is 27.9 Å². The predicted octanol–water partition coefficient (Wildman–Crippen LogP) is 6.26. The van der Waals surface area contributed by atoms with E-state index >= 15 is 0 Å². The van der Waals surface area contributed by atoms with Crippen molar-refractivity contribution in [2.75, 3.05) is 30.3 Å². The molecule has 1 saturated heterocycles. The summed E-state index contributed by atoms with van der Waals surface area (Å²) in [6.07, 6.45) is 4.40. The summed E-state index contributed by atoms with van der Waals surface area (Å²) < 4.78 is 45.2. The van der Waals surface area contributed by atoms with E-state index < -0.39 is 33.0 Å². The number of benzene rings is 3. The number of hydrogen-bond donors (Lipinski definition) is 3. The van der Waals surface area contributed by atoms with Crippen LogP contribution < -0.4 is 21.1 Å². The molecule has 3 aromatic carbocycles. The first-order valence-corrected chi connectivity index (χ1v) is 25.0. The van der Waals surface area contributed by atoms with Gasteiger partial charge in [-0.2, -0.15) is 22.9 Å². The lowest BCUT2D eigenvalue weighted by molar-refractivity contribution is 0.0994. The van der Waals surface area contributed by atoms with E-state index in [9.17, 15) is 32.4 Å². The van der Waals surface area contributed by atoms with Gasteiger partial charge in [0.1, 0.15) is 35.9 Å². The zero-order valence-corrected chi connectivity index (χ0v) is 41.7. The number of nitrogens with one attached hydrogen (secondary N) is 2. The monoisotopic (exact) mass is 1010 g/mol. The Morgan fingerprint density at radius 3 is 1.97 bits per heavy atom. The number of allylic oxidation sites excluding steroid dienone is 2. The molecule has 1 aliphatic rings. The van der Waals surface area contributed by atoms with Gasteiger partial charge in [0, 0.05) is 56.3 Å². The van der Waals surface area contributed by atoms with Crippen molar-refractivity contribution >= 4 is 72.8 Å². The maximum atomic E-state index is 13.9. The number of imidazole rings is 2. The third-order valence-corrected chi connectivity index (χ3v) is 13.7. The number of Topliss-reactive ketones (excluding diaryl/α,β-unsaturated/α-hetero) is 1. The Morgan fingerprint density at radius 1 is 0.781 bits per heavy atom. The van der Waals surface area contributed by atoms with Gasteiger partial charge in [0.15, 0.2) is 5.78 Å². The Balaban J connectivity index is 1.05. The number of ether oxygens (including phenoxy) is 2. The minimum atomic E-state index is -4.34. The van der Waals surface area contributed by atoms with Crippen molar-refractivity contribution in [1.82, 2.24) is 43.0 Å². The Bertz CT molecular complexity index is 3480. The maximum Gasteiger partial charge on any atom is 0.440 e. The molecule has 0 saturated carbocycles. The van der Waals surface area contributed by atoms with Crippen LogP contribution >= 0.6 is 0 Å². The van der Waals surface area contributed by atoms with E-state index in [0.29, 0.717) is 76.4 Å². The lowest BCUT2D eigenvalue weighted by Crippen LogP contribution is -2.41. The van der Waals surface area contributed by atoms with Crippen LogP contribution in [0.4, 0.5) is 16.7 Å². The van der Waals surface area contributed by atoms with Crippen LogP contribution in [0, 0.1) is 31.6 Å². The summed E-state index contributed by atoms with van der Waals surface area (Å²) in [4.78, 5) is 74.6. The summed E-state index contributed by atoms with van der Waals surface area (Å²) in [7, 11) is -4.34. The van der Waals surface area contributed by atoms with E-state index in [1.807, 2.05) is 26.0 Å². The van der Waals surface area contributed by atoms with Crippen LogP contribution in [0.3, 0.4) is 0 Å². The highest BCUT2D eigenvalue weighted by molar-refractivity contribution is 8.03.